The highest BCUT2D eigenvalue weighted by molar-refractivity contribution is 5.78. The number of nitrogens with zero attached hydrogens (tertiary/aromatic N) is 1. The SMILES string of the molecule is C=CCOc1ccc(CN(C)CC(=O)N[C@H](C)c2ccccc2)cc1. The van der Waals surface area contributed by atoms with Crippen LogP contribution in [0.3, 0.4) is 0 Å². The molecule has 0 fully saturated rings. The van der Waals surface area contributed by atoms with Crippen molar-refractivity contribution < 1.29 is 9.53 Å². The first kappa shape index (κ1) is 18.7. The third kappa shape index (κ3) is 6.43. The maximum atomic E-state index is 12.2. The van der Waals surface area contributed by atoms with E-state index in [-0.39, 0.29) is 11.9 Å². The fourth-order valence-electron chi connectivity index (χ4n) is 2.57. The van der Waals surface area contributed by atoms with E-state index < -0.39 is 0 Å². The van der Waals surface area contributed by atoms with Gasteiger partial charge in [0.2, 0.25) is 5.91 Å². The van der Waals surface area contributed by atoms with Gasteiger partial charge in [0.15, 0.2) is 0 Å². The van der Waals surface area contributed by atoms with E-state index in [9.17, 15) is 4.79 Å². The third-order valence-corrected chi connectivity index (χ3v) is 3.83. The molecule has 0 spiro atoms. The minimum atomic E-state index is 0.00314. The Morgan fingerprint density at radius 2 is 1.88 bits per heavy atom. The van der Waals surface area contributed by atoms with Crippen molar-refractivity contribution in [1.29, 1.82) is 0 Å². The molecule has 0 bridgehead atoms. The highest BCUT2D eigenvalue weighted by Crippen LogP contribution is 2.14. The van der Waals surface area contributed by atoms with Gasteiger partial charge in [0.25, 0.3) is 0 Å². The lowest BCUT2D eigenvalue weighted by Crippen LogP contribution is -2.36. The fraction of sp³-hybridized carbons (Fsp3) is 0.286. The quantitative estimate of drug-likeness (QED) is 0.711. The van der Waals surface area contributed by atoms with Crippen LogP contribution >= 0.6 is 0 Å². The smallest absolute Gasteiger partial charge is 0.234 e. The summed E-state index contributed by atoms with van der Waals surface area (Å²) < 4.78 is 5.47. The van der Waals surface area contributed by atoms with Crippen LogP contribution in [0.2, 0.25) is 0 Å². The number of hydrogen-bond donors (Lipinski definition) is 1. The van der Waals surface area contributed by atoms with E-state index in [1.807, 2.05) is 73.5 Å². The summed E-state index contributed by atoms with van der Waals surface area (Å²) in [6.07, 6.45) is 1.72. The summed E-state index contributed by atoms with van der Waals surface area (Å²) in [5.74, 6) is 0.838. The molecule has 0 aliphatic carbocycles. The molecule has 0 unspecified atom stereocenters. The average Bonchev–Trinajstić information content (AvgIpc) is 2.61. The third-order valence-electron chi connectivity index (χ3n) is 3.83. The summed E-state index contributed by atoms with van der Waals surface area (Å²) in [5.41, 5.74) is 2.24. The van der Waals surface area contributed by atoms with Gasteiger partial charge in [-0.05, 0) is 37.2 Å². The summed E-state index contributed by atoms with van der Waals surface area (Å²) in [6, 6.07) is 17.9. The Morgan fingerprint density at radius 1 is 1.20 bits per heavy atom. The Balaban J connectivity index is 1.80. The number of carbonyl (C=O) groups is 1. The molecule has 0 radical (unpaired) electrons. The minimum absolute atomic E-state index is 0.00314. The van der Waals surface area contributed by atoms with Crippen molar-refractivity contribution in [1.82, 2.24) is 10.2 Å². The normalized spacial score (nSPS) is 11.8. The van der Waals surface area contributed by atoms with Gasteiger partial charge < -0.3 is 10.1 Å². The van der Waals surface area contributed by atoms with Crippen molar-refractivity contribution in [3.05, 3.63) is 78.4 Å². The van der Waals surface area contributed by atoms with Gasteiger partial charge in [-0.2, -0.15) is 0 Å². The van der Waals surface area contributed by atoms with Crippen LogP contribution in [0.15, 0.2) is 67.3 Å². The van der Waals surface area contributed by atoms with Gasteiger partial charge in [-0.25, -0.2) is 0 Å². The molecule has 0 saturated carbocycles. The van der Waals surface area contributed by atoms with Gasteiger partial charge in [0, 0.05) is 6.54 Å². The van der Waals surface area contributed by atoms with Crippen molar-refractivity contribution in [3.8, 4) is 5.75 Å². The van der Waals surface area contributed by atoms with Gasteiger partial charge in [-0.3, -0.25) is 9.69 Å². The van der Waals surface area contributed by atoms with Crippen molar-refractivity contribution in [3.63, 3.8) is 0 Å². The first-order valence-electron chi connectivity index (χ1n) is 8.44. The number of benzene rings is 2. The number of rotatable bonds is 9. The molecule has 1 N–H and O–H groups in total. The van der Waals surface area contributed by atoms with Crippen LogP contribution in [0.1, 0.15) is 24.1 Å². The van der Waals surface area contributed by atoms with Gasteiger partial charge in [-0.15, -0.1) is 0 Å². The number of ether oxygens (including phenoxy) is 1. The standard InChI is InChI=1S/C21H26N2O2/c1-4-14-25-20-12-10-18(11-13-20)15-23(3)16-21(24)22-17(2)19-8-6-5-7-9-19/h4-13,17H,1,14-16H2,2-3H3,(H,22,24)/t17-/m1/s1. The molecule has 2 rings (SSSR count). The zero-order valence-electron chi connectivity index (χ0n) is 14.9. The second-order valence-electron chi connectivity index (χ2n) is 6.12. The van der Waals surface area contributed by atoms with Crippen LogP contribution in [0.5, 0.6) is 5.75 Å². The Bertz CT molecular complexity index is 668. The summed E-state index contributed by atoms with van der Waals surface area (Å²) in [7, 11) is 1.94. The van der Waals surface area contributed by atoms with Gasteiger partial charge in [-0.1, -0.05) is 55.1 Å². The molecular weight excluding hydrogens is 312 g/mol. The Labute approximate surface area is 150 Å². The lowest BCUT2D eigenvalue weighted by molar-refractivity contribution is -0.122. The van der Waals surface area contributed by atoms with E-state index >= 15 is 0 Å². The molecule has 1 atom stereocenters. The van der Waals surface area contributed by atoms with Gasteiger partial charge in [0.1, 0.15) is 12.4 Å². The maximum Gasteiger partial charge on any atom is 0.234 e. The zero-order chi connectivity index (χ0) is 18.1. The number of nitrogens with one attached hydrogen (secondary N) is 1. The highest BCUT2D eigenvalue weighted by atomic mass is 16.5. The molecule has 4 nitrogen and oxygen atoms in total. The van der Waals surface area contributed by atoms with Crippen LogP contribution in [0, 0.1) is 0 Å². The average molecular weight is 338 g/mol. The Kier molecular flexibility index (Phi) is 7.23. The van der Waals surface area contributed by atoms with Crippen molar-refractivity contribution in [2.24, 2.45) is 0 Å². The zero-order valence-corrected chi connectivity index (χ0v) is 14.9. The number of hydrogen-bond acceptors (Lipinski definition) is 3. The summed E-state index contributed by atoms with van der Waals surface area (Å²) in [6.45, 7) is 7.18. The summed E-state index contributed by atoms with van der Waals surface area (Å²) in [5, 5.41) is 3.04. The molecule has 0 aromatic heterocycles. The molecule has 2 aromatic rings. The van der Waals surface area contributed by atoms with E-state index in [4.69, 9.17) is 4.74 Å². The Hall–Kier alpha value is -2.59. The van der Waals surface area contributed by atoms with E-state index in [0.717, 1.165) is 16.9 Å². The number of carbonyl (C=O) groups excluding carboxylic acids is 1. The molecule has 0 aliphatic rings. The molecule has 25 heavy (non-hydrogen) atoms. The number of likely N-dealkylation sites (N-methyl/N-ethyl adjacent to an activating group) is 1. The largest absolute Gasteiger partial charge is 0.490 e. The molecule has 1 amide bonds. The topological polar surface area (TPSA) is 41.6 Å². The van der Waals surface area contributed by atoms with Gasteiger partial charge in [0.05, 0.1) is 12.6 Å². The first-order chi connectivity index (χ1) is 12.1. The van der Waals surface area contributed by atoms with Crippen molar-refractivity contribution >= 4 is 5.91 Å². The fourth-order valence-corrected chi connectivity index (χ4v) is 2.57. The van der Waals surface area contributed by atoms with E-state index in [1.54, 1.807) is 6.08 Å². The lowest BCUT2D eigenvalue weighted by Gasteiger charge is -2.19. The number of amides is 1. The maximum absolute atomic E-state index is 12.2. The van der Waals surface area contributed by atoms with E-state index in [1.165, 1.54) is 0 Å². The summed E-state index contributed by atoms with van der Waals surface area (Å²) >= 11 is 0. The van der Waals surface area contributed by atoms with Crippen LogP contribution in [-0.2, 0) is 11.3 Å². The Morgan fingerprint density at radius 3 is 2.52 bits per heavy atom. The first-order valence-corrected chi connectivity index (χ1v) is 8.44. The molecular formula is C21H26N2O2. The monoisotopic (exact) mass is 338 g/mol. The predicted molar refractivity (Wildman–Crippen MR) is 101 cm³/mol. The van der Waals surface area contributed by atoms with Crippen LogP contribution in [-0.4, -0.2) is 31.0 Å². The second-order valence-corrected chi connectivity index (χ2v) is 6.12. The molecule has 0 heterocycles. The van der Waals surface area contributed by atoms with E-state index in [2.05, 4.69) is 11.9 Å². The van der Waals surface area contributed by atoms with Crippen LogP contribution in [0.4, 0.5) is 0 Å². The van der Waals surface area contributed by atoms with Crippen LogP contribution < -0.4 is 10.1 Å². The van der Waals surface area contributed by atoms with E-state index in [0.29, 0.717) is 19.7 Å². The lowest BCUT2D eigenvalue weighted by atomic mass is 10.1. The second kappa shape index (κ2) is 9.64. The van der Waals surface area contributed by atoms with Crippen molar-refractivity contribution in [2.45, 2.75) is 19.5 Å². The van der Waals surface area contributed by atoms with Crippen LogP contribution in [0.25, 0.3) is 0 Å². The van der Waals surface area contributed by atoms with Gasteiger partial charge >= 0.3 is 0 Å². The molecule has 0 saturated heterocycles. The molecule has 2 aromatic carbocycles. The summed E-state index contributed by atoms with van der Waals surface area (Å²) in [4.78, 5) is 14.2. The highest BCUT2D eigenvalue weighted by Gasteiger charge is 2.11. The minimum Gasteiger partial charge on any atom is -0.490 e. The molecule has 0 aliphatic heterocycles. The van der Waals surface area contributed by atoms with Crippen molar-refractivity contribution in [2.75, 3.05) is 20.2 Å². The molecule has 132 valence electrons. The predicted octanol–water partition coefficient (Wildman–Crippen LogP) is 3.56. The molecule has 4 heteroatoms.